The Balaban J connectivity index is 2.64. The molecule has 1 aromatic rings. The van der Waals surface area contributed by atoms with E-state index in [1.165, 1.54) is 0 Å². The number of ether oxygens (including phenoxy) is 1. The molecular weight excluding hydrogens is 194 g/mol. The zero-order valence-electron chi connectivity index (χ0n) is 8.86. The van der Waals surface area contributed by atoms with Crippen LogP contribution in [0.15, 0.2) is 24.3 Å². The molecular formula is C11H15NO3. The van der Waals surface area contributed by atoms with E-state index < -0.39 is 5.97 Å². The van der Waals surface area contributed by atoms with Crippen molar-refractivity contribution in [3.05, 3.63) is 29.8 Å². The number of carboxylic acid groups (broad SMARTS) is 1. The quantitative estimate of drug-likeness (QED) is 0.770. The first kappa shape index (κ1) is 11.5. The maximum atomic E-state index is 10.4. The largest absolute Gasteiger partial charge is 0.497 e. The molecule has 1 aromatic carbocycles. The monoisotopic (exact) mass is 209 g/mol. The average molecular weight is 209 g/mol. The number of hydrogen-bond acceptors (Lipinski definition) is 3. The van der Waals surface area contributed by atoms with E-state index in [0.717, 1.165) is 11.3 Å². The van der Waals surface area contributed by atoms with E-state index in [1.807, 2.05) is 31.2 Å². The number of nitrogens with one attached hydrogen (secondary N) is 1. The molecule has 0 fully saturated rings. The first-order valence-electron chi connectivity index (χ1n) is 4.72. The lowest BCUT2D eigenvalue weighted by Gasteiger charge is -2.13. The predicted molar refractivity (Wildman–Crippen MR) is 57.0 cm³/mol. The Bertz CT molecular complexity index is 338. The van der Waals surface area contributed by atoms with Crippen LogP contribution >= 0.6 is 0 Å². The minimum Gasteiger partial charge on any atom is -0.497 e. The van der Waals surface area contributed by atoms with E-state index in [1.54, 1.807) is 7.11 Å². The van der Waals surface area contributed by atoms with Gasteiger partial charge in [-0.25, -0.2) is 0 Å². The van der Waals surface area contributed by atoms with Crippen molar-refractivity contribution < 1.29 is 14.6 Å². The van der Waals surface area contributed by atoms with Crippen molar-refractivity contribution in [2.24, 2.45) is 0 Å². The van der Waals surface area contributed by atoms with Crippen LogP contribution < -0.4 is 10.1 Å². The number of carbonyl (C=O) groups is 1. The summed E-state index contributed by atoms with van der Waals surface area (Å²) in [6.07, 6.45) is 0. The van der Waals surface area contributed by atoms with Crippen molar-refractivity contribution in [2.75, 3.05) is 13.7 Å². The van der Waals surface area contributed by atoms with Crippen LogP contribution in [0, 0.1) is 0 Å². The molecule has 0 radical (unpaired) electrons. The smallest absolute Gasteiger partial charge is 0.317 e. The van der Waals surface area contributed by atoms with Gasteiger partial charge >= 0.3 is 5.97 Å². The van der Waals surface area contributed by atoms with Gasteiger partial charge in [-0.1, -0.05) is 12.1 Å². The molecule has 0 aromatic heterocycles. The van der Waals surface area contributed by atoms with Gasteiger partial charge in [-0.2, -0.15) is 0 Å². The maximum Gasteiger partial charge on any atom is 0.317 e. The fourth-order valence-electron chi connectivity index (χ4n) is 1.27. The van der Waals surface area contributed by atoms with E-state index in [0.29, 0.717) is 0 Å². The topological polar surface area (TPSA) is 58.6 Å². The van der Waals surface area contributed by atoms with Gasteiger partial charge in [0.25, 0.3) is 0 Å². The molecule has 1 rings (SSSR count). The molecule has 2 N–H and O–H groups in total. The summed E-state index contributed by atoms with van der Waals surface area (Å²) in [5, 5.41) is 11.4. The highest BCUT2D eigenvalue weighted by molar-refractivity contribution is 5.69. The lowest BCUT2D eigenvalue weighted by molar-refractivity contribution is -0.136. The molecule has 0 aliphatic carbocycles. The van der Waals surface area contributed by atoms with Gasteiger partial charge < -0.3 is 15.2 Å². The van der Waals surface area contributed by atoms with Gasteiger partial charge in [-0.05, 0) is 24.6 Å². The number of aliphatic carboxylic acids is 1. The van der Waals surface area contributed by atoms with E-state index in [4.69, 9.17) is 9.84 Å². The third-order valence-corrected chi connectivity index (χ3v) is 2.15. The van der Waals surface area contributed by atoms with E-state index in [9.17, 15) is 4.79 Å². The Morgan fingerprint density at radius 3 is 2.93 bits per heavy atom. The fraction of sp³-hybridized carbons (Fsp3) is 0.364. The second kappa shape index (κ2) is 5.36. The highest BCUT2D eigenvalue weighted by Gasteiger charge is 2.07. The number of rotatable bonds is 5. The van der Waals surface area contributed by atoms with Gasteiger partial charge in [-0.15, -0.1) is 0 Å². The van der Waals surface area contributed by atoms with Gasteiger partial charge in [-0.3, -0.25) is 4.79 Å². The third-order valence-electron chi connectivity index (χ3n) is 2.15. The summed E-state index contributed by atoms with van der Waals surface area (Å²) in [6, 6.07) is 7.55. The first-order chi connectivity index (χ1) is 7.13. The molecule has 4 heteroatoms. The zero-order chi connectivity index (χ0) is 11.3. The standard InChI is InChI=1S/C11H15NO3/c1-8(12-7-11(13)14)9-4-3-5-10(6-9)15-2/h3-6,8,12H,7H2,1-2H3,(H,13,14). The van der Waals surface area contributed by atoms with Crippen LogP contribution in [-0.2, 0) is 4.79 Å². The Morgan fingerprint density at radius 2 is 2.33 bits per heavy atom. The highest BCUT2D eigenvalue weighted by Crippen LogP contribution is 2.18. The first-order valence-corrected chi connectivity index (χ1v) is 4.72. The molecule has 0 aliphatic heterocycles. The molecule has 0 amide bonds. The summed E-state index contributed by atoms with van der Waals surface area (Å²) in [5.41, 5.74) is 1.01. The van der Waals surface area contributed by atoms with Gasteiger partial charge in [0, 0.05) is 6.04 Å². The third kappa shape index (κ3) is 3.59. The van der Waals surface area contributed by atoms with Crippen molar-refractivity contribution >= 4 is 5.97 Å². The van der Waals surface area contributed by atoms with Gasteiger partial charge in [0.1, 0.15) is 5.75 Å². The summed E-state index contributed by atoms with van der Waals surface area (Å²) in [4.78, 5) is 10.4. The molecule has 82 valence electrons. The van der Waals surface area contributed by atoms with Crippen molar-refractivity contribution in [1.82, 2.24) is 5.32 Å². The fourth-order valence-corrected chi connectivity index (χ4v) is 1.27. The van der Waals surface area contributed by atoms with Gasteiger partial charge in [0.15, 0.2) is 0 Å². The minimum absolute atomic E-state index is 0.00352. The summed E-state index contributed by atoms with van der Waals surface area (Å²) in [7, 11) is 1.61. The molecule has 0 bridgehead atoms. The summed E-state index contributed by atoms with van der Waals surface area (Å²) in [6.45, 7) is 1.87. The Kier molecular flexibility index (Phi) is 4.12. The lowest BCUT2D eigenvalue weighted by Crippen LogP contribution is -2.25. The molecule has 1 atom stereocenters. The maximum absolute atomic E-state index is 10.4. The molecule has 0 aliphatic rings. The van der Waals surface area contributed by atoms with Crippen molar-refractivity contribution in [1.29, 1.82) is 0 Å². The van der Waals surface area contributed by atoms with E-state index in [2.05, 4.69) is 5.32 Å². The summed E-state index contributed by atoms with van der Waals surface area (Å²) < 4.78 is 5.09. The normalized spacial score (nSPS) is 12.1. The van der Waals surface area contributed by atoms with Crippen LogP contribution in [0.2, 0.25) is 0 Å². The molecule has 15 heavy (non-hydrogen) atoms. The van der Waals surface area contributed by atoms with Crippen LogP contribution in [0.1, 0.15) is 18.5 Å². The minimum atomic E-state index is -0.857. The van der Waals surface area contributed by atoms with Gasteiger partial charge in [0.05, 0.1) is 13.7 Å². The van der Waals surface area contributed by atoms with Crippen LogP contribution in [0.25, 0.3) is 0 Å². The second-order valence-electron chi connectivity index (χ2n) is 3.27. The van der Waals surface area contributed by atoms with Crippen molar-refractivity contribution in [3.63, 3.8) is 0 Å². The average Bonchev–Trinajstić information content (AvgIpc) is 2.26. The predicted octanol–water partition coefficient (Wildman–Crippen LogP) is 1.43. The molecule has 4 nitrogen and oxygen atoms in total. The Morgan fingerprint density at radius 1 is 1.60 bits per heavy atom. The van der Waals surface area contributed by atoms with Crippen molar-refractivity contribution in [3.8, 4) is 5.75 Å². The zero-order valence-corrected chi connectivity index (χ0v) is 8.86. The molecule has 0 saturated heterocycles. The molecule has 0 heterocycles. The molecule has 0 spiro atoms. The Hall–Kier alpha value is -1.55. The lowest BCUT2D eigenvalue weighted by atomic mass is 10.1. The number of benzene rings is 1. The van der Waals surface area contributed by atoms with E-state index >= 15 is 0 Å². The SMILES string of the molecule is COc1cccc(C(C)NCC(=O)O)c1. The van der Waals surface area contributed by atoms with Crippen LogP contribution in [0.4, 0.5) is 0 Å². The second-order valence-corrected chi connectivity index (χ2v) is 3.27. The highest BCUT2D eigenvalue weighted by atomic mass is 16.5. The van der Waals surface area contributed by atoms with Crippen LogP contribution in [0.3, 0.4) is 0 Å². The number of methoxy groups -OCH3 is 1. The number of hydrogen-bond donors (Lipinski definition) is 2. The Labute approximate surface area is 88.9 Å². The summed E-state index contributed by atoms with van der Waals surface area (Å²) >= 11 is 0. The van der Waals surface area contributed by atoms with Crippen LogP contribution in [-0.4, -0.2) is 24.7 Å². The van der Waals surface area contributed by atoms with Gasteiger partial charge in [0.2, 0.25) is 0 Å². The van der Waals surface area contributed by atoms with Crippen molar-refractivity contribution in [2.45, 2.75) is 13.0 Å². The van der Waals surface area contributed by atoms with Crippen LogP contribution in [0.5, 0.6) is 5.75 Å². The molecule has 1 unspecified atom stereocenters. The molecule has 0 saturated carbocycles. The van der Waals surface area contributed by atoms with E-state index in [-0.39, 0.29) is 12.6 Å². The number of carboxylic acids is 1. The summed E-state index contributed by atoms with van der Waals surface area (Å²) in [5.74, 6) is -0.0822.